The molecule has 1 aliphatic rings. The highest BCUT2D eigenvalue weighted by molar-refractivity contribution is 6.33. The topological polar surface area (TPSA) is 91.4 Å². The monoisotopic (exact) mass is 508 g/mol. The highest BCUT2D eigenvalue weighted by atomic mass is 35.5. The van der Waals surface area contributed by atoms with E-state index in [4.69, 9.17) is 16.3 Å². The van der Waals surface area contributed by atoms with Crippen molar-refractivity contribution >= 4 is 40.6 Å². The molecule has 1 amide bonds. The second-order valence-electron chi connectivity index (χ2n) is 9.04. The van der Waals surface area contributed by atoms with E-state index in [1.54, 1.807) is 20.4 Å². The number of hydrogen-bond donors (Lipinski definition) is 3. The van der Waals surface area contributed by atoms with Crippen molar-refractivity contribution in [1.29, 1.82) is 0 Å². The van der Waals surface area contributed by atoms with Gasteiger partial charge in [-0.2, -0.15) is 4.98 Å². The van der Waals surface area contributed by atoms with E-state index in [1.165, 1.54) is 11.1 Å². The number of carbonyl (C=O) groups excluding carboxylic acids is 1. The molecule has 3 N–H and O–H groups in total. The first-order chi connectivity index (χ1) is 17.4. The van der Waals surface area contributed by atoms with Crippen LogP contribution in [0.4, 0.5) is 23.1 Å². The van der Waals surface area contributed by atoms with E-state index in [0.29, 0.717) is 28.0 Å². The van der Waals surface area contributed by atoms with E-state index < -0.39 is 0 Å². The second-order valence-corrected chi connectivity index (χ2v) is 9.45. The quantitative estimate of drug-likeness (QED) is 0.408. The molecule has 4 rings (SSSR count). The number of aryl methyl sites for hydroxylation is 2. The van der Waals surface area contributed by atoms with Crippen molar-refractivity contribution in [3.05, 3.63) is 69.4 Å². The van der Waals surface area contributed by atoms with E-state index in [0.717, 1.165) is 55.9 Å². The summed E-state index contributed by atoms with van der Waals surface area (Å²) < 4.78 is 5.24. The van der Waals surface area contributed by atoms with Gasteiger partial charge >= 0.3 is 0 Å². The first kappa shape index (κ1) is 25.9. The van der Waals surface area contributed by atoms with Gasteiger partial charge in [-0.05, 0) is 67.1 Å². The van der Waals surface area contributed by atoms with Gasteiger partial charge in [0, 0.05) is 39.5 Å². The number of halogens is 1. The number of rotatable bonds is 8. The van der Waals surface area contributed by atoms with Crippen molar-refractivity contribution in [3.63, 3.8) is 0 Å². The predicted octanol–water partition coefficient (Wildman–Crippen LogP) is 4.64. The number of nitrogens with one attached hydrogen (secondary N) is 3. The SMILES string of the molecule is CNC(=O)c1cc(C)cc(C)c1Nc1nc(Nc2ccc3c(c2)CCN(CCOC)CC3)ncc1Cl. The molecule has 9 heteroatoms. The molecule has 2 heterocycles. The minimum absolute atomic E-state index is 0.182. The van der Waals surface area contributed by atoms with Crippen LogP contribution in [-0.4, -0.2) is 61.2 Å². The summed E-state index contributed by atoms with van der Waals surface area (Å²) in [4.78, 5) is 23.9. The average Bonchev–Trinajstić information content (AvgIpc) is 3.07. The second kappa shape index (κ2) is 11.7. The molecule has 0 saturated carbocycles. The predicted molar refractivity (Wildman–Crippen MR) is 145 cm³/mol. The van der Waals surface area contributed by atoms with Gasteiger partial charge in [0.15, 0.2) is 5.82 Å². The Morgan fingerprint density at radius 2 is 1.89 bits per heavy atom. The van der Waals surface area contributed by atoms with E-state index in [9.17, 15) is 4.79 Å². The van der Waals surface area contributed by atoms with Crippen LogP contribution in [0, 0.1) is 13.8 Å². The molecule has 3 aromatic rings. The van der Waals surface area contributed by atoms with Crippen LogP contribution in [0.25, 0.3) is 0 Å². The Morgan fingerprint density at radius 3 is 2.64 bits per heavy atom. The zero-order valence-corrected chi connectivity index (χ0v) is 22.0. The number of carbonyl (C=O) groups is 1. The summed E-state index contributed by atoms with van der Waals surface area (Å²) in [5, 5.41) is 9.63. The smallest absolute Gasteiger partial charge is 0.253 e. The van der Waals surface area contributed by atoms with Crippen LogP contribution in [0.1, 0.15) is 32.6 Å². The Labute approximate surface area is 217 Å². The molecule has 0 unspecified atom stereocenters. The van der Waals surface area contributed by atoms with Crippen LogP contribution in [-0.2, 0) is 17.6 Å². The zero-order chi connectivity index (χ0) is 25.7. The van der Waals surface area contributed by atoms with E-state index in [-0.39, 0.29) is 5.91 Å². The van der Waals surface area contributed by atoms with Gasteiger partial charge in [-0.25, -0.2) is 4.98 Å². The standard InChI is InChI=1S/C27H33ClN6O2/c1-17-13-18(2)24(22(14-17)26(35)29-3)32-25-23(28)16-30-27(33-25)31-21-6-5-19-7-9-34(11-12-36-4)10-8-20(19)15-21/h5-6,13-16H,7-12H2,1-4H3,(H,29,35)(H2,30,31,32,33). The molecule has 0 saturated heterocycles. The van der Waals surface area contributed by atoms with Crippen molar-refractivity contribution < 1.29 is 9.53 Å². The van der Waals surface area contributed by atoms with Gasteiger partial charge in [0.25, 0.3) is 5.91 Å². The minimum atomic E-state index is -0.182. The van der Waals surface area contributed by atoms with E-state index >= 15 is 0 Å². The number of fused-ring (bicyclic) bond motifs is 1. The lowest BCUT2D eigenvalue weighted by molar-refractivity contribution is 0.0963. The van der Waals surface area contributed by atoms with Crippen molar-refractivity contribution in [3.8, 4) is 0 Å². The molecule has 36 heavy (non-hydrogen) atoms. The lowest BCUT2D eigenvalue weighted by Gasteiger charge is -2.18. The first-order valence-electron chi connectivity index (χ1n) is 12.1. The average molecular weight is 509 g/mol. The molecule has 2 aromatic carbocycles. The van der Waals surface area contributed by atoms with Gasteiger partial charge in [0.1, 0.15) is 5.02 Å². The lowest BCUT2D eigenvalue weighted by atomic mass is 10.0. The van der Waals surface area contributed by atoms with Crippen LogP contribution in [0.2, 0.25) is 5.02 Å². The molecule has 0 fully saturated rings. The van der Waals surface area contributed by atoms with Crippen LogP contribution >= 0.6 is 11.6 Å². The summed E-state index contributed by atoms with van der Waals surface area (Å²) in [5.74, 6) is 0.664. The normalized spacial score (nSPS) is 13.6. The van der Waals surface area contributed by atoms with Crippen LogP contribution in [0.5, 0.6) is 0 Å². The maximum atomic E-state index is 12.5. The number of anilines is 4. The molecule has 0 atom stereocenters. The Kier molecular flexibility index (Phi) is 8.40. The Balaban J connectivity index is 1.54. The fraction of sp³-hybridized carbons (Fsp3) is 0.370. The van der Waals surface area contributed by atoms with E-state index in [1.807, 2.05) is 26.0 Å². The van der Waals surface area contributed by atoms with Gasteiger partial charge in [-0.1, -0.05) is 23.7 Å². The third kappa shape index (κ3) is 6.13. The minimum Gasteiger partial charge on any atom is -0.383 e. The van der Waals surface area contributed by atoms with Crippen molar-refractivity contribution in [2.75, 3.05) is 51.0 Å². The Morgan fingerprint density at radius 1 is 1.11 bits per heavy atom. The molecule has 0 radical (unpaired) electrons. The van der Waals surface area contributed by atoms with Crippen molar-refractivity contribution in [1.82, 2.24) is 20.2 Å². The molecule has 0 aliphatic carbocycles. The van der Waals surface area contributed by atoms with Gasteiger partial charge in [-0.3, -0.25) is 4.79 Å². The Bertz CT molecular complexity index is 1250. The molecular weight excluding hydrogens is 476 g/mol. The number of methoxy groups -OCH3 is 1. The number of ether oxygens (including phenoxy) is 1. The van der Waals surface area contributed by atoms with Crippen LogP contribution in [0.15, 0.2) is 36.5 Å². The highest BCUT2D eigenvalue weighted by Gasteiger charge is 2.17. The third-order valence-electron chi connectivity index (χ3n) is 6.41. The van der Waals surface area contributed by atoms with Crippen LogP contribution in [0.3, 0.4) is 0 Å². The summed E-state index contributed by atoms with van der Waals surface area (Å²) in [7, 11) is 3.36. The fourth-order valence-corrected chi connectivity index (χ4v) is 4.64. The van der Waals surface area contributed by atoms with Crippen molar-refractivity contribution in [2.24, 2.45) is 0 Å². The molecular formula is C27H33ClN6O2. The molecule has 1 aromatic heterocycles. The summed E-state index contributed by atoms with van der Waals surface area (Å²) in [5.41, 5.74) is 6.74. The number of nitrogens with zero attached hydrogens (tertiary/aromatic N) is 3. The molecule has 190 valence electrons. The summed E-state index contributed by atoms with van der Waals surface area (Å²) in [6.07, 6.45) is 3.56. The van der Waals surface area contributed by atoms with Gasteiger partial charge in [0.05, 0.1) is 24.1 Å². The first-order valence-corrected chi connectivity index (χ1v) is 12.5. The number of hydrogen-bond acceptors (Lipinski definition) is 7. The van der Waals surface area contributed by atoms with Gasteiger partial charge < -0.3 is 25.6 Å². The fourth-order valence-electron chi connectivity index (χ4n) is 4.50. The summed E-state index contributed by atoms with van der Waals surface area (Å²) in [6.45, 7) is 7.65. The zero-order valence-electron chi connectivity index (χ0n) is 21.2. The lowest BCUT2D eigenvalue weighted by Crippen LogP contribution is -2.29. The number of amides is 1. The molecule has 0 bridgehead atoms. The maximum absolute atomic E-state index is 12.5. The van der Waals surface area contributed by atoms with Gasteiger partial charge in [0.2, 0.25) is 5.95 Å². The number of benzene rings is 2. The summed E-state index contributed by atoms with van der Waals surface area (Å²) in [6, 6.07) is 10.3. The number of aromatic nitrogens is 2. The highest BCUT2D eigenvalue weighted by Crippen LogP contribution is 2.30. The molecule has 8 nitrogen and oxygen atoms in total. The third-order valence-corrected chi connectivity index (χ3v) is 6.68. The maximum Gasteiger partial charge on any atom is 0.253 e. The van der Waals surface area contributed by atoms with Gasteiger partial charge in [-0.15, -0.1) is 0 Å². The van der Waals surface area contributed by atoms with E-state index in [2.05, 4.69) is 49.0 Å². The summed E-state index contributed by atoms with van der Waals surface area (Å²) >= 11 is 6.43. The van der Waals surface area contributed by atoms with Crippen molar-refractivity contribution in [2.45, 2.75) is 26.7 Å². The largest absolute Gasteiger partial charge is 0.383 e. The molecule has 0 spiro atoms. The Hall–Kier alpha value is -3.20. The van der Waals surface area contributed by atoms with Crippen LogP contribution < -0.4 is 16.0 Å². The molecule has 1 aliphatic heterocycles.